The fourth-order valence-electron chi connectivity index (χ4n) is 2.55. The third kappa shape index (κ3) is 3.12. The molecular formula is C14H21NO2S. The number of hydrogen-bond donors (Lipinski definition) is 1. The molecule has 1 aromatic carbocycles. The molecule has 3 nitrogen and oxygen atoms in total. The molecule has 0 saturated carbocycles. The molecule has 0 spiro atoms. The smallest absolute Gasteiger partial charge is 0.152 e. The quantitative estimate of drug-likeness (QED) is 0.846. The van der Waals surface area contributed by atoms with Gasteiger partial charge in [-0.2, -0.15) is 0 Å². The molecule has 0 radical (unpaired) electrons. The summed E-state index contributed by atoms with van der Waals surface area (Å²) < 4.78 is 24.0. The van der Waals surface area contributed by atoms with E-state index >= 15 is 0 Å². The van der Waals surface area contributed by atoms with Gasteiger partial charge in [-0.1, -0.05) is 30.7 Å². The molecule has 1 fully saturated rings. The molecule has 4 heteroatoms. The van der Waals surface area contributed by atoms with Crippen LogP contribution in [0.25, 0.3) is 0 Å². The molecule has 1 aliphatic heterocycles. The van der Waals surface area contributed by atoms with Gasteiger partial charge < -0.3 is 5.32 Å². The summed E-state index contributed by atoms with van der Waals surface area (Å²) in [5, 5.41) is 3.39. The minimum absolute atomic E-state index is 0.0696. The van der Waals surface area contributed by atoms with Crippen molar-refractivity contribution in [3.63, 3.8) is 0 Å². The van der Waals surface area contributed by atoms with E-state index in [-0.39, 0.29) is 17.7 Å². The van der Waals surface area contributed by atoms with Gasteiger partial charge in [-0.05, 0) is 37.4 Å². The second-order valence-corrected chi connectivity index (χ2v) is 7.66. The Hall–Kier alpha value is -0.870. The standard InChI is InChI=1S/C14H21NO2S/c1-10-4-5-12(3)13(6-10)14-9-18(16,17)8-11(2)7-15-14/h4-6,11,14-15H,7-9H2,1-3H3. The van der Waals surface area contributed by atoms with E-state index in [0.29, 0.717) is 5.75 Å². The van der Waals surface area contributed by atoms with Gasteiger partial charge in [-0.15, -0.1) is 0 Å². The monoisotopic (exact) mass is 267 g/mol. The largest absolute Gasteiger partial charge is 0.309 e. The van der Waals surface area contributed by atoms with Gasteiger partial charge in [0.25, 0.3) is 0 Å². The van der Waals surface area contributed by atoms with Crippen LogP contribution in [0.15, 0.2) is 18.2 Å². The summed E-state index contributed by atoms with van der Waals surface area (Å²) in [6, 6.07) is 6.15. The molecule has 1 aromatic rings. The third-order valence-electron chi connectivity index (χ3n) is 3.48. The van der Waals surface area contributed by atoms with Crippen LogP contribution in [0.1, 0.15) is 29.7 Å². The molecule has 1 saturated heterocycles. The first-order chi connectivity index (χ1) is 8.37. The Balaban J connectivity index is 2.35. The van der Waals surface area contributed by atoms with Crippen LogP contribution in [0, 0.1) is 19.8 Å². The van der Waals surface area contributed by atoms with Crippen LogP contribution in [0.3, 0.4) is 0 Å². The number of nitrogens with one attached hydrogen (secondary N) is 1. The Morgan fingerprint density at radius 3 is 2.67 bits per heavy atom. The van der Waals surface area contributed by atoms with Gasteiger partial charge in [0.15, 0.2) is 9.84 Å². The molecule has 1 heterocycles. The fraction of sp³-hybridized carbons (Fsp3) is 0.571. The summed E-state index contributed by atoms with van der Waals surface area (Å²) in [6.07, 6.45) is 0. The molecule has 0 bridgehead atoms. The average molecular weight is 267 g/mol. The van der Waals surface area contributed by atoms with Crippen molar-refractivity contribution in [2.75, 3.05) is 18.1 Å². The first kappa shape index (κ1) is 13.6. The lowest BCUT2D eigenvalue weighted by molar-refractivity contribution is 0.516. The fourth-order valence-corrected chi connectivity index (χ4v) is 4.48. The predicted molar refractivity (Wildman–Crippen MR) is 74.5 cm³/mol. The Labute approximate surface area is 110 Å². The number of rotatable bonds is 1. The molecule has 1 aliphatic rings. The third-order valence-corrected chi connectivity index (χ3v) is 5.40. The number of aryl methyl sites for hydroxylation is 2. The van der Waals surface area contributed by atoms with Crippen molar-refractivity contribution >= 4 is 9.84 Å². The predicted octanol–water partition coefficient (Wildman–Crippen LogP) is 2.00. The van der Waals surface area contributed by atoms with E-state index < -0.39 is 9.84 Å². The van der Waals surface area contributed by atoms with Gasteiger partial charge in [0.2, 0.25) is 0 Å². The SMILES string of the molecule is Cc1ccc(C)c(C2CS(=O)(=O)CC(C)CN2)c1. The molecule has 2 rings (SSSR count). The van der Waals surface area contributed by atoms with Crippen LogP contribution < -0.4 is 5.32 Å². The van der Waals surface area contributed by atoms with E-state index in [2.05, 4.69) is 23.5 Å². The summed E-state index contributed by atoms with van der Waals surface area (Å²) in [4.78, 5) is 0. The summed E-state index contributed by atoms with van der Waals surface area (Å²) >= 11 is 0. The first-order valence-electron chi connectivity index (χ1n) is 6.38. The van der Waals surface area contributed by atoms with Crippen LogP contribution in [0.2, 0.25) is 0 Å². The molecule has 18 heavy (non-hydrogen) atoms. The van der Waals surface area contributed by atoms with Crippen LogP contribution in [-0.4, -0.2) is 26.5 Å². The van der Waals surface area contributed by atoms with E-state index in [1.165, 1.54) is 5.56 Å². The van der Waals surface area contributed by atoms with E-state index in [4.69, 9.17) is 0 Å². The van der Waals surface area contributed by atoms with Gasteiger partial charge in [-0.25, -0.2) is 8.42 Å². The molecule has 0 aromatic heterocycles. The molecule has 1 N–H and O–H groups in total. The van der Waals surface area contributed by atoms with Crippen molar-refractivity contribution < 1.29 is 8.42 Å². The minimum Gasteiger partial charge on any atom is -0.309 e. The van der Waals surface area contributed by atoms with Crippen LogP contribution >= 0.6 is 0 Å². The van der Waals surface area contributed by atoms with Crippen molar-refractivity contribution in [1.29, 1.82) is 0 Å². The first-order valence-corrected chi connectivity index (χ1v) is 8.20. The van der Waals surface area contributed by atoms with E-state index in [0.717, 1.165) is 17.7 Å². The van der Waals surface area contributed by atoms with E-state index in [9.17, 15) is 8.42 Å². The topological polar surface area (TPSA) is 46.2 Å². The Kier molecular flexibility index (Phi) is 3.78. The van der Waals surface area contributed by atoms with Gasteiger partial charge in [0.05, 0.1) is 11.5 Å². The number of benzene rings is 1. The van der Waals surface area contributed by atoms with Crippen molar-refractivity contribution in [2.24, 2.45) is 5.92 Å². The molecule has 2 atom stereocenters. The van der Waals surface area contributed by atoms with Crippen molar-refractivity contribution in [3.05, 3.63) is 34.9 Å². The second kappa shape index (κ2) is 5.02. The average Bonchev–Trinajstić information content (AvgIpc) is 2.39. The Morgan fingerprint density at radius 1 is 1.22 bits per heavy atom. The lowest BCUT2D eigenvalue weighted by atomic mass is 9.99. The van der Waals surface area contributed by atoms with Crippen molar-refractivity contribution in [2.45, 2.75) is 26.8 Å². The summed E-state index contributed by atoms with van der Waals surface area (Å²) in [6.45, 7) is 6.82. The Bertz CT molecular complexity index is 537. The van der Waals surface area contributed by atoms with Gasteiger partial charge in [0.1, 0.15) is 0 Å². The van der Waals surface area contributed by atoms with Crippen molar-refractivity contribution in [3.8, 4) is 0 Å². The second-order valence-electron chi connectivity index (χ2n) is 5.50. The lowest BCUT2D eigenvalue weighted by Gasteiger charge is -2.19. The maximum atomic E-state index is 12.0. The van der Waals surface area contributed by atoms with Gasteiger partial charge in [0, 0.05) is 6.04 Å². The molecule has 0 aliphatic carbocycles. The molecular weight excluding hydrogens is 246 g/mol. The van der Waals surface area contributed by atoms with Gasteiger partial charge >= 0.3 is 0 Å². The van der Waals surface area contributed by atoms with Crippen molar-refractivity contribution in [1.82, 2.24) is 5.32 Å². The highest BCUT2D eigenvalue weighted by atomic mass is 32.2. The van der Waals surface area contributed by atoms with Gasteiger partial charge in [-0.3, -0.25) is 0 Å². The van der Waals surface area contributed by atoms with Crippen LogP contribution in [0.5, 0.6) is 0 Å². The zero-order chi connectivity index (χ0) is 13.3. The van der Waals surface area contributed by atoms with Crippen LogP contribution in [-0.2, 0) is 9.84 Å². The zero-order valence-electron chi connectivity index (χ0n) is 11.2. The van der Waals surface area contributed by atoms with E-state index in [1.54, 1.807) is 0 Å². The Morgan fingerprint density at radius 2 is 1.94 bits per heavy atom. The summed E-state index contributed by atoms with van der Waals surface area (Å²) in [5.41, 5.74) is 3.45. The highest BCUT2D eigenvalue weighted by molar-refractivity contribution is 7.91. The highest BCUT2D eigenvalue weighted by Gasteiger charge is 2.27. The highest BCUT2D eigenvalue weighted by Crippen LogP contribution is 2.24. The number of sulfone groups is 1. The lowest BCUT2D eigenvalue weighted by Crippen LogP contribution is -2.27. The summed E-state index contributed by atoms with van der Waals surface area (Å²) in [7, 11) is -2.96. The summed E-state index contributed by atoms with van der Waals surface area (Å²) in [5.74, 6) is 0.688. The molecule has 2 unspecified atom stereocenters. The van der Waals surface area contributed by atoms with E-state index in [1.807, 2.05) is 20.8 Å². The number of hydrogen-bond acceptors (Lipinski definition) is 3. The minimum atomic E-state index is -2.96. The normalized spacial score (nSPS) is 27.7. The maximum Gasteiger partial charge on any atom is 0.152 e. The maximum absolute atomic E-state index is 12.0. The van der Waals surface area contributed by atoms with Crippen LogP contribution in [0.4, 0.5) is 0 Å². The molecule has 100 valence electrons. The molecule has 0 amide bonds. The zero-order valence-corrected chi connectivity index (χ0v) is 12.0.